The molecule has 0 spiro atoms. The fourth-order valence-electron chi connectivity index (χ4n) is 2.83. The normalized spacial score (nSPS) is 23.1. The molecule has 0 unspecified atom stereocenters. The van der Waals surface area contributed by atoms with Gasteiger partial charge in [0.2, 0.25) is 0 Å². The number of aromatic nitrogens is 1. The summed E-state index contributed by atoms with van der Waals surface area (Å²) in [6.45, 7) is 2.15. The number of nitrogens with one attached hydrogen (secondary N) is 1. The predicted octanol–water partition coefficient (Wildman–Crippen LogP) is 3.82. The van der Waals surface area contributed by atoms with Gasteiger partial charge in [-0.3, -0.25) is 4.98 Å². The SMILES string of the molecule is C[C@@H](NC1CC(c2ccc(F)cc2)C1)c1ccccn1. The van der Waals surface area contributed by atoms with Crippen molar-refractivity contribution in [2.45, 2.75) is 37.8 Å². The van der Waals surface area contributed by atoms with Crippen LogP contribution in [0.1, 0.15) is 43.0 Å². The van der Waals surface area contributed by atoms with E-state index in [1.165, 1.54) is 5.56 Å². The van der Waals surface area contributed by atoms with E-state index in [9.17, 15) is 4.39 Å². The van der Waals surface area contributed by atoms with Crippen molar-refractivity contribution < 1.29 is 4.39 Å². The molecule has 1 fully saturated rings. The highest BCUT2D eigenvalue weighted by Crippen LogP contribution is 2.37. The van der Waals surface area contributed by atoms with E-state index in [1.807, 2.05) is 36.5 Å². The van der Waals surface area contributed by atoms with Crippen LogP contribution in [0.15, 0.2) is 48.7 Å². The fourth-order valence-corrected chi connectivity index (χ4v) is 2.83. The van der Waals surface area contributed by atoms with Gasteiger partial charge in [0.25, 0.3) is 0 Å². The summed E-state index contributed by atoms with van der Waals surface area (Å²) in [5, 5.41) is 3.61. The van der Waals surface area contributed by atoms with Crippen molar-refractivity contribution in [1.82, 2.24) is 10.3 Å². The predicted molar refractivity (Wildman–Crippen MR) is 78.0 cm³/mol. The second-order valence-corrected chi connectivity index (χ2v) is 5.56. The van der Waals surface area contributed by atoms with Crippen LogP contribution >= 0.6 is 0 Å². The third-order valence-electron chi connectivity index (χ3n) is 4.10. The van der Waals surface area contributed by atoms with Crippen LogP contribution in [0.3, 0.4) is 0 Å². The molecule has 0 bridgehead atoms. The molecule has 2 nitrogen and oxygen atoms in total. The number of hydrogen-bond acceptors (Lipinski definition) is 2. The summed E-state index contributed by atoms with van der Waals surface area (Å²) in [5.41, 5.74) is 2.33. The Morgan fingerprint density at radius 3 is 2.55 bits per heavy atom. The van der Waals surface area contributed by atoms with Crippen LogP contribution in [0.2, 0.25) is 0 Å². The Morgan fingerprint density at radius 1 is 1.15 bits per heavy atom. The van der Waals surface area contributed by atoms with Gasteiger partial charge in [0.05, 0.1) is 5.69 Å². The lowest BCUT2D eigenvalue weighted by molar-refractivity contribution is 0.269. The monoisotopic (exact) mass is 270 g/mol. The van der Waals surface area contributed by atoms with E-state index >= 15 is 0 Å². The van der Waals surface area contributed by atoms with E-state index in [4.69, 9.17) is 0 Å². The van der Waals surface area contributed by atoms with Crippen molar-refractivity contribution in [2.75, 3.05) is 0 Å². The second kappa shape index (κ2) is 5.71. The molecule has 1 N–H and O–H groups in total. The van der Waals surface area contributed by atoms with Crippen molar-refractivity contribution in [3.05, 3.63) is 65.7 Å². The summed E-state index contributed by atoms with van der Waals surface area (Å²) in [4.78, 5) is 4.37. The minimum Gasteiger partial charge on any atom is -0.306 e. The van der Waals surface area contributed by atoms with E-state index in [2.05, 4.69) is 17.2 Å². The molecule has 1 aromatic heterocycles. The molecule has 1 heterocycles. The lowest BCUT2D eigenvalue weighted by Gasteiger charge is -2.38. The van der Waals surface area contributed by atoms with Gasteiger partial charge in [0, 0.05) is 18.3 Å². The maximum atomic E-state index is 12.9. The van der Waals surface area contributed by atoms with E-state index in [0.717, 1.165) is 18.5 Å². The summed E-state index contributed by atoms with van der Waals surface area (Å²) in [6.07, 6.45) is 4.06. The van der Waals surface area contributed by atoms with Gasteiger partial charge in [-0.2, -0.15) is 0 Å². The third-order valence-corrected chi connectivity index (χ3v) is 4.10. The van der Waals surface area contributed by atoms with Gasteiger partial charge in [0.15, 0.2) is 0 Å². The molecular formula is C17H19FN2. The van der Waals surface area contributed by atoms with Crippen molar-refractivity contribution in [2.24, 2.45) is 0 Å². The summed E-state index contributed by atoms with van der Waals surface area (Å²) in [6, 6.07) is 13.7. The highest BCUT2D eigenvalue weighted by molar-refractivity contribution is 5.23. The zero-order chi connectivity index (χ0) is 13.9. The Hall–Kier alpha value is -1.74. The van der Waals surface area contributed by atoms with Crippen LogP contribution in [-0.4, -0.2) is 11.0 Å². The third kappa shape index (κ3) is 2.88. The Labute approximate surface area is 119 Å². The molecule has 0 amide bonds. The molecule has 1 saturated carbocycles. The van der Waals surface area contributed by atoms with Crippen LogP contribution in [-0.2, 0) is 0 Å². The number of halogens is 1. The molecule has 3 rings (SSSR count). The summed E-state index contributed by atoms with van der Waals surface area (Å²) < 4.78 is 12.9. The number of hydrogen-bond donors (Lipinski definition) is 1. The van der Waals surface area contributed by atoms with Crippen LogP contribution in [0, 0.1) is 5.82 Å². The molecule has 0 radical (unpaired) electrons. The standard InChI is InChI=1S/C17H19FN2/c1-12(17-4-2-3-9-19-17)20-16-10-14(11-16)13-5-7-15(18)8-6-13/h2-9,12,14,16,20H,10-11H2,1H3/t12-,14?,16?/m1/s1. The lowest BCUT2D eigenvalue weighted by atomic mass is 9.75. The highest BCUT2D eigenvalue weighted by atomic mass is 19.1. The van der Waals surface area contributed by atoms with Crippen LogP contribution in [0.25, 0.3) is 0 Å². The average molecular weight is 270 g/mol. The van der Waals surface area contributed by atoms with E-state index < -0.39 is 0 Å². The Kier molecular flexibility index (Phi) is 3.79. The van der Waals surface area contributed by atoms with Gasteiger partial charge < -0.3 is 5.32 Å². The van der Waals surface area contributed by atoms with Gasteiger partial charge in [-0.25, -0.2) is 4.39 Å². The minimum atomic E-state index is -0.161. The number of nitrogens with zero attached hydrogens (tertiary/aromatic N) is 1. The molecule has 1 aromatic carbocycles. The lowest BCUT2D eigenvalue weighted by Crippen LogP contribution is -2.41. The number of rotatable bonds is 4. The maximum absolute atomic E-state index is 12.9. The van der Waals surface area contributed by atoms with Crippen molar-refractivity contribution >= 4 is 0 Å². The van der Waals surface area contributed by atoms with E-state index in [1.54, 1.807) is 12.1 Å². The molecule has 2 aromatic rings. The first-order valence-corrected chi connectivity index (χ1v) is 7.15. The van der Waals surface area contributed by atoms with Gasteiger partial charge in [0.1, 0.15) is 5.82 Å². The van der Waals surface area contributed by atoms with Crippen LogP contribution in [0.5, 0.6) is 0 Å². The van der Waals surface area contributed by atoms with Crippen molar-refractivity contribution in [3.63, 3.8) is 0 Å². The number of benzene rings is 1. The topological polar surface area (TPSA) is 24.9 Å². The largest absolute Gasteiger partial charge is 0.306 e. The zero-order valence-electron chi connectivity index (χ0n) is 11.6. The average Bonchev–Trinajstić information content (AvgIpc) is 2.44. The molecule has 3 heteroatoms. The van der Waals surface area contributed by atoms with Gasteiger partial charge in [-0.1, -0.05) is 18.2 Å². The molecule has 1 aliphatic rings. The van der Waals surface area contributed by atoms with E-state index in [0.29, 0.717) is 12.0 Å². The highest BCUT2D eigenvalue weighted by Gasteiger charge is 2.31. The van der Waals surface area contributed by atoms with Crippen molar-refractivity contribution in [3.8, 4) is 0 Å². The van der Waals surface area contributed by atoms with Crippen molar-refractivity contribution in [1.29, 1.82) is 0 Å². The second-order valence-electron chi connectivity index (χ2n) is 5.56. The first-order valence-electron chi connectivity index (χ1n) is 7.15. The Morgan fingerprint density at radius 2 is 1.90 bits per heavy atom. The van der Waals surface area contributed by atoms with Crippen LogP contribution in [0.4, 0.5) is 4.39 Å². The Balaban J connectivity index is 1.52. The number of pyridine rings is 1. The molecule has 1 aliphatic carbocycles. The van der Waals surface area contributed by atoms with E-state index in [-0.39, 0.29) is 11.9 Å². The summed E-state index contributed by atoms with van der Waals surface area (Å²) in [5.74, 6) is 0.399. The maximum Gasteiger partial charge on any atom is 0.123 e. The Bertz CT molecular complexity index is 547. The molecule has 0 saturated heterocycles. The van der Waals surface area contributed by atoms with Gasteiger partial charge >= 0.3 is 0 Å². The first kappa shape index (κ1) is 13.3. The summed E-state index contributed by atoms with van der Waals surface area (Å²) in [7, 11) is 0. The quantitative estimate of drug-likeness (QED) is 0.913. The minimum absolute atomic E-state index is 0.161. The van der Waals surface area contributed by atoms with Crippen LogP contribution < -0.4 is 5.32 Å². The zero-order valence-corrected chi connectivity index (χ0v) is 11.6. The van der Waals surface area contributed by atoms with Gasteiger partial charge in [-0.05, 0) is 55.5 Å². The smallest absolute Gasteiger partial charge is 0.123 e. The molecule has 20 heavy (non-hydrogen) atoms. The molecule has 104 valence electrons. The van der Waals surface area contributed by atoms with Gasteiger partial charge in [-0.15, -0.1) is 0 Å². The molecule has 1 atom stereocenters. The first-order chi connectivity index (χ1) is 9.72. The molecule has 0 aliphatic heterocycles. The fraction of sp³-hybridized carbons (Fsp3) is 0.353. The summed E-state index contributed by atoms with van der Waals surface area (Å²) >= 11 is 0. The molecular weight excluding hydrogens is 251 g/mol.